The van der Waals surface area contributed by atoms with Crippen LogP contribution in [0.4, 0.5) is 0 Å². The zero-order chi connectivity index (χ0) is 12.2. The Hall–Kier alpha value is -0.0800. The van der Waals surface area contributed by atoms with Crippen molar-refractivity contribution in [3.05, 3.63) is 0 Å². The Morgan fingerprint density at radius 1 is 1.25 bits per heavy atom. The van der Waals surface area contributed by atoms with Gasteiger partial charge in [0.15, 0.2) is 0 Å². The molecular formula is C14H30N2. The second-order valence-electron chi connectivity index (χ2n) is 6.16. The molecule has 0 radical (unpaired) electrons. The molecule has 0 aromatic carbocycles. The SMILES string of the molecule is CCC(CC)NCC(C)N1CCC(C)(C)C1. The summed E-state index contributed by atoms with van der Waals surface area (Å²) in [4.78, 5) is 2.63. The second-order valence-corrected chi connectivity index (χ2v) is 6.16. The molecule has 0 saturated carbocycles. The average Bonchev–Trinajstić information content (AvgIpc) is 2.60. The molecule has 1 N–H and O–H groups in total. The zero-order valence-corrected chi connectivity index (χ0v) is 11.8. The van der Waals surface area contributed by atoms with Crippen LogP contribution in [0.2, 0.25) is 0 Å². The highest BCUT2D eigenvalue weighted by Crippen LogP contribution is 2.29. The predicted octanol–water partition coefficient (Wildman–Crippen LogP) is 2.89. The van der Waals surface area contributed by atoms with Crippen LogP contribution in [0, 0.1) is 5.41 Å². The van der Waals surface area contributed by atoms with E-state index in [9.17, 15) is 0 Å². The van der Waals surface area contributed by atoms with E-state index in [1.165, 1.54) is 32.4 Å². The quantitative estimate of drug-likeness (QED) is 0.749. The van der Waals surface area contributed by atoms with Gasteiger partial charge in [-0.1, -0.05) is 27.7 Å². The lowest BCUT2D eigenvalue weighted by Crippen LogP contribution is -2.42. The van der Waals surface area contributed by atoms with Crippen molar-refractivity contribution in [3.8, 4) is 0 Å². The first kappa shape index (κ1) is 14.0. The van der Waals surface area contributed by atoms with E-state index in [0.29, 0.717) is 17.5 Å². The summed E-state index contributed by atoms with van der Waals surface area (Å²) in [6.07, 6.45) is 3.84. The maximum Gasteiger partial charge on any atom is 0.0192 e. The fourth-order valence-electron chi connectivity index (χ4n) is 2.57. The van der Waals surface area contributed by atoms with Crippen LogP contribution in [-0.4, -0.2) is 36.6 Å². The minimum atomic E-state index is 0.531. The van der Waals surface area contributed by atoms with Crippen LogP contribution in [0.25, 0.3) is 0 Å². The normalized spacial score (nSPS) is 22.9. The Balaban J connectivity index is 2.28. The lowest BCUT2D eigenvalue weighted by Gasteiger charge is -2.28. The third kappa shape index (κ3) is 4.06. The van der Waals surface area contributed by atoms with Gasteiger partial charge in [0.2, 0.25) is 0 Å². The first-order valence-corrected chi connectivity index (χ1v) is 6.96. The molecule has 0 bridgehead atoms. The molecular weight excluding hydrogens is 196 g/mol. The highest BCUT2D eigenvalue weighted by Gasteiger charge is 2.31. The van der Waals surface area contributed by atoms with Crippen molar-refractivity contribution in [2.24, 2.45) is 5.41 Å². The summed E-state index contributed by atoms with van der Waals surface area (Å²) in [6.45, 7) is 15.3. The summed E-state index contributed by atoms with van der Waals surface area (Å²) in [6, 6.07) is 1.39. The maximum atomic E-state index is 3.68. The number of likely N-dealkylation sites (tertiary alicyclic amines) is 1. The van der Waals surface area contributed by atoms with Crippen molar-refractivity contribution in [2.45, 2.75) is 66.0 Å². The highest BCUT2D eigenvalue weighted by molar-refractivity contribution is 4.86. The van der Waals surface area contributed by atoms with E-state index in [1.807, 2.05) is 0 Å². The van der Waals surface area contributed by atoms with Gasteiger partial charge < -0.3 is 5.32 Å². The molecule has 0 amide bonds. The summed E-state index contributed by atoms with van der Waals surface area (Å²) < 4.78 is 0. The van der Waals surface area contributed by atoms with Gasteiger partial charge in [0.25, 0.3) is 0 Å². The van der Waals surface area contributed by atoms with Gasteiger partial charge in [-0.3, -0.25) is 4.90 Å². The van der Waals surface area contributed by atoms with Crippen molar-refractivity contribution >= 4 is 0 Å². The Morgan fingerprint density at radius 2 is 1.88 bits per heavy atom. The van der Waals surface area contributed by atoms with Gasteiger partial charge in [0.05, 0.1) is 0 Å². The van der Waals surface area contributed by atoms with Crippen LogP contribution in [0.3, 0.4) is 0 Å². The number of hydrogen-bond donors (Lipinski definition) is 1. The molecule has 1 aliphatic heterocycles. The van der Waals surface area contributed by atoms with E-state index in [-0.39, 0.29) is 0 Å². The molecule has 1 aliphatic rings. The summed E-state index contributed by atoms with van der Waals surface area (Å²) in [5.41, 5.74) is 0.531. The molecule has 0 aromatic rings. The molecule has 1 fully saturated rings. The largest absolute Gasteiger partial charge is 0.312 e. The van der Waals surface area contributed by atoms with E-state index in [1.54, 1.807) is 0 Å². The smallest absolute Gasteiger partial charge is 0.0192 e. The van der Waals surface area contributed by atoms with Gasteiger partial charge in [-0.05, 0) is 38.1 Å². The van der Waals surface area contributed by atoms with Crippen LogP contribution in [0.1, 0.15) is 53.9 Å². The summed E-state index contributed by atoms with van der Waals surface area (Å²) in [5, 5.41) is 3.68. The molecule has 1 atom stereocenters. The van der Waals surface area contributed by atoms with Crippen molar-refractivity contribution in [1.29, 1.82) is 0 Å². The van der Waals surface area contributed by atoms with Crippen molar-refractivity contribution in [3.63, 3.8) is 0 Å². The third-order valence-corrected chi connectivity index (χ3v) is 4.02. The van der Waals surface area contributed by atoms with E-state index in [2.05, 4.69) is 44.8 Å². The Bertz CT molecular complexity index is 197. The number of nitrogens with one attached hydrogen (secondary N) is 1. The van der Waals surface area contributed by atoms with Crippen LogP contribution >= 0.6 is 0 Å². The standard InChI is InChI=1S/C14H30N2/c1-6-13(7-2)15-10-12(3)16-9-8-14(4,5)11-16/h12-13,15H,6-11H2,1-5H3. The fourth-order valence-corrected chi connectivity index (χ4v) is 2.57. The van der Waals surface area contributed by atoms with E-state index in [0.717, 1.165) is 6.54 Å². The zero-order valence-electron chi connectivity index (χ0n) is 11.8. The number of hydrogen-bond acceptors (Lipinski definition) is 2. The molecule has 0 aliphatic carbocycles. The number of rotatable bonds is 6. The van der Waals surface area contributed by atoms with E-state index >= 15 is 0 Å². The topological polar surface area (TPSA) is 15.3 Å². The molecule has 1 rings (SSSR count). The van der Waals surface area contributed by atoms with Gasteiger partial charge in [-0.15, -0.1) is 0 Å². The van der Waals surface area contributed by atoms with Crippen molar-refractivity contribution in [2.75, 3.05) is 19.6 Å². The maximum absolute atomic E-state index is 3.68. The Labute approximate surface area is 102 Å². The second kappa shape index (κ2) is 6.02. The Morgan fingerprint density at radius 3 is 2.31 bits per heavy atom. The van der Waals surface area contributed by atoms with Crippen LogP contribution in [-0.2, 0) is 0 Å². The van der Waals surface area contributed by atoms with Gasteiger partial charge in [-0.25, -0.2) is 0 Å². The molecule has 96 valence electrons. The molecule has 1 saturated heterocycles. The molecule has 0 aromatic heterocycles. The first-order valence-electron chi connectivity index (χ1n) is 6.96. The highest BCUT2D eigenvalue weighted by atomic mass is 15.2. The average molecular weight is 226 g/mol. The Kier molecular flexibility index (Phi) is 5.26. The molecule has 1 heterocycles. The lowest BCUT2D eigenvalue weighted by molar-refractivity contribution is 0.219. The molecule has 2 nitrogen and oxygen atoms in total. The third-order valence-electron chi connectivity index (χ3n) is 4.02. The number of nitrogens with zero attached hydrogens (tertiary/aromatic N) is 1. The van der Waals surface area contributed by atoms with Gasteiger partial charge in [-0.2, -0.15) is 0 Å². The van der Waals surface area contributed by atoms with Crippen LogP contribution in [0.15, 0.2) is 0 Å². The van der Waals surface area contributed by atoms with Crippen molar-refractivity contribution < 1.29 is 0 Å². The molecule has 0 spiro atoms. The first-order chi connectivity index (χ1) is 7.48. The van der Waals surface area contributed by atoms with Gasteiger partial charge in [0.1, 0.15) is 0 Å². The molecule has 2 heteroatoms. The van der Waals surface area contributed by atoms with Gasteiger partial charge in [0, 0.05) is 25.2 Å². The predicted molar refractivity (Wildman–Crippen MR) is 71.8 cm³/mol. The van der Waals surface area contributed by atoms with Gasteiger partial charge >= 0.3 is 0 Å². The summed E-state index contributed by atoms with van der Waals surface area (Å²) in [5.74, 6) is 0. The fraction of sp³-hybridized carbons (Fsp3) is 1.00. The summed E-state index contributed by atoms with van der Waals surface area (Å²) >= 11 is 0. The lowest BCUT2D eigenvalue weighted by atomic mass is 9.93. The van der Waals surface area contributed by atoms with Crippen LogP contribution < -0.4 is 5.32 Å². The van der Waals surface area contributed by atoms with E-state index in [4.69, 9.17) is 0 Å². The monoisotopic (exact) mass is 226 g/mol. The minimum absolute atomic E-state index is 0.531. The molecule has 16 heavy (non-hydrogen) atoms. The van der Waals surface area contributed by atoms with Crippen LogP contribution in [0.5, 0.6) is 0 Å². The minimum Gasteiger partial charge on any atom is -0.312 e. The molecule has 1 unspecified atom stereocenters. The summed E-state index contributed by atoms with van der Waals surface area (Å²) in [7, 11) is 0. The van der Waals surface area contributed by atoms with Crippen molar-refractivity contribution in [1.82, 2.24) is 10.2 Å². The van der Waals surface area contributed by atoms with E-state index < -0.39 is 0 Å².